The van der Waals surface area contributed by atoms with Gasteiger partial charge in [-0.15, -0.1) is 11.3 Å². The fraction of sp³-hybridized carbons (Fsp3) is 0.0769. The number of nitrogens with one attached hydrogen (secondary N) is 2. The quantitative estimate of drug-likeness (QED) is 0.903. The molecule has 0 spiro atoms. The van der Waals surface area contributed by atoms with Crippen molar-refractivity contribution >= 4 is 44.8 Å². The van der Waals surface area contributed by atoms with Crippen LogP contribution in [-0.2, 0) is 0 Å². The minimum Gasteiger partial charge on any atom is -0.355 e. The van der Waals surface area contributed by atoms with E-state index in [2.05, 4.69) is 26.6 Å². The molecule has 0 saturated heterocycles. The lowest BCUT2D eigenvalue weighted by molar-refractivity contribution is 0.0964. The summed E-state index contributed by atoms with van der Waals surface area (Å²) in [5.41, 5.74) is 0.929. The lowest BCUT2D eigenvalue weighted by Crippen LogP contribution is -2.21. The molecule has 19 heavy (non-hydrogen) atoms. The Morgan fingerprint density at radius 3 is 2.53 bits per heavy atom. The molecule has 1 aromatic carbocycles. The van der Waals surface area contributed by atoms with E-state index in [-0.39, 0.29) is 11.8 Å². The number of carbonyl (C=O) groups is 2. The molecule has 2 rings (SSSR count). The molecule has 0 bridgehead atoms. The zero-order valence-corrected chi connectivity index (χ0v) is 12.5. The molecule has 0 saturated carbocycles. The molecule has 0 atom stereocenters. The van der Waals surface area contributed by atoms with E-state index in [0.29, 0.717) is 16.1 Å². The molecule has 2 N–H and O–H groups in total. The van der Waals surface area contributed by atoms with Gasteiger partial charge in [0.15, 0.2) is 0 Å². The highest BCUT2D eigenvalue weighted by Gasteiger charge is 2.15. The second kappa shape index (κ2) is 5.99. The zero-order chi connectivity index (χ0) is 13.8. The maximum atomic E-state index is 12.1. The molecule has 98 valence electrons. The SMILES string of the molecule is CNC(=O)c1ccccc1NC(=O)c1sccc1Br. The molecule has 1 aromatic heterocycles. The summed E-state index contributed by atoms with van der Waals surface area (Å²) in [6.45, 7) is 0. The molecule has 2 amide bonds. The van der Waals surface area contributed by atoms with Gasteiger partial charge in [-0.25, -0.2) is 0 Å². The van der Waals surface area contributed by atoms with Crippen molar-refractivity contribution in [3.63, 3.8) is 0 Å². The van der Waals surface area contributed by atoms with Gasteiger partial charge in [-0.05, 0) is 39.5 Å². The van der Waals surface area contributed by atoms with Gasteiger partial charge in [-0.2, -0.15) is 0 Å². The van der Waals surface area contributed by atoms with Crippen LogP contribution in [0.1, 0.15) is 20.0 Å². The number of rotatable bonds is 3. The molecular weight excluding hydrogens is 328 g/mol. The van der Waals surface area contributed by atoms with E-state index in [1.807, 2.05) is 11.4 Å². The monoisotopic (exact) mass is 338 g/mol. The second-order valence-corrected chi connectivity index (χ2v) is 5.45. The summed E-state index contributed by atoms with van der Waals surface area (Å²) in [7, 11) is 1.55. The van der Waals surface area contributed by atoms with Crippen molar-refractivity contribution in [3.8, 4) is 0 Å². The minimum atomic E-state index is -0.238. The molecule has 4 nitrogen and oxygen atoms in total. The molecule has 6 heteroatoms. The maximum absolute atomic E-state index is 12.1. The number of carbonyl (C=O) groups excluding carboxylic acids is 2. The number of halogens is 1. The lowest BCUT2D eigenvalue weighted by Gasteiger charge is -2.09. The number of hydrogen-bond acceptors (Lipinski definition) is 3. The van der Waals surface area contributed by atoms with E-state index in [1.165, 1.54) is 11.3 Å². The number of benzene rings is 1. The van der Waals surface area contributed by atoms with E-state index < -0.39 is 0 Å². The highest BCUT2D eigenvalue weighted by molar-refractivity contribution is 9.10. The Morgan fingerprint density at radius 2 is 1.89 bits per heavy atom. The van der Waals surface area contributed by atoms with Gasteiger partial charge in [0.1, 0.15) is 4.88 Å². The smallest absolute Gasteiger partial charge is 0.266 e. The third kappa shape index (κ3) is 3.02. The van der Waals surface area contributed by atoms with Crippen LogP contribution in [0.2, 0.25) is 0 Å². The van der Waals surface area contributed by atoms with Crippen molar-refractivity contribution in [2.45, 2.75) is 0 Å². The predicted molar refractivity (Wildman–Crippen MR) is 79.8 cm³/mol. The Bertz CT molecular complexity index is 625. The summed E-state index contributed by atoms with van der Waals surface area (Å²) in [4.78, 5) is 24.4. The summed E-state index contributed by atoms with van der Waals surface area (Å²) in [6.07, 6.45) is 0. The predicted octanol–water partition coefficient (Wildman–Crippen LogP) is 3.12. The van der Waals surface area contributed by atoms with Crippen LogP contribution in [-0.4, -0.2) is 18.9 Å². The van der Waals surface area contributed by atoms with E-state index >= 15 is 0 Å². The van der Waals surface area contributed by atoms with Crippen molar-refractivity contribution in [1.82, 2.24) is 5.32 Å². The van der Waals surface area contributed by atoms with Crippen LogP contribution in [0.4, 0.5) is 5.69 Å². The molecule has 0 fully saturated rings. The van der Waals surface area contributed by atoms with Gasteiger partial charge in [0.25, 0.3) is 11.8 Å². The molecule has 2 aromatic rings. The highest BCUT2D eigenvalue weighted by Crippen LogP contribution is 2.24. The van der Waals surface area contributed by atoms with Gasteiger partial charge >= 0.3 is 0 Å². The first-order valence-electron chi connectivity index (χ1n) is 5.49. The van der Waals surface area contributed by atoms with Crippen LogP contribution in [0.3, 0.4) is 0 Å². The van der Waals surface area contributed by atoms with E-state index in [0.717, 1.165) is 4.47 Å². The van der Waals surface area contributed by atoms with Crippen molar-refractivity contribution in [1.29, 1.82) is 0 Å². The minimum absolute atomic E-state index is 0.235. The van der Waals surface area contributed by atoms with Crippen LogP contribution < -0.4 is 10.6 Å². The first-order chi connectivity index (χ1) is 9.13. The molecular formula is C13H11BrN2O2S. The summed E-state index contributed by atoms with van der Waals surface area (Å²) in [6, 6.07) is 8.69. The topological polar surface area (TPSA) is 58.2 Å². The van der Waals surface area contributed by atoms with Gasteiger partial charge in [0.2, 0.25) is 0 Å². The molecule has 0 aliphatic carbocycles. The van der Waals surface area contributed by atoms with Gasteiger partial charge in [-0.3, -0.25) is 9.59 Å². The molecule has 1 heterocycles. The summed E-state index contributed by atoms with van der Waals surface area (Å²) < 4.78 is 0.743. The molecule has 0 aliphatic heterocycles. The standard InChI is InChI=1S/C13H11BrN2O2S/c1-15-12(17)8-4-2-3-5-10(8)16-13(18)11-9(14)6-7-19-11/h2-7H,1H3,(H,15,17)(H,16,18). The van der Waals surface area contributed by atoms with Gasteiger partial charge in [-0.1, -0.05) is 12.1 Å². The molecule has 0 aliphatic rings. The first-order valence-corrected chi connectivity index (χ1v) is 7.16. The fourth-order valence-electron chi connectivity index (χ4n) is 1.56. The molecule has 0 unspecified atom stereocenters. The van der Waals surface area contributed by atoms with Crippen molar-refractivity contribution in [2.24, 2.45) is 0 Å². The number of hydrogen-bond donors (Lipinski definition) is 2. The van der Waals surface area contributed by atoms with Crippen molar-refractivity contribution in [3.05, 3.63) is 50.6 Å². The van der Waals surface area contributed by atoms with Crippen LogP contribution in [0, 0.1) is 0 Å². The van der Waals surface area contributed by atoms with Crippen molar-refractivity contribution < 1.29 is 9.59 Å². The number of para-hydroxylation sites is 1. The lowest BCUT2D eigenvalue weighted by atomic mass is 10.1. The van der Waals surface area contributed by atoms with Crippen LogP contribution in [0.25, 0.3) is 0 Å². The maximum Gasteiger partial charge on any atom is 0.266 e. The van der Waals surface area contributed by atoms with Gasteiger partial charge in [0.05, 0.1) is 11.3 Å². The van der Waals surface area contributed by atoms with Gasteiger partial charge in [0, 0.05) is 11.5 Å². The third-order valence-electron chi connectivity index (χ3n) is 2.47. The normalized spacial score (nSPS) is 10.0. The first kappa shape index (κ1) is 13.8. The fourth-order valence-corrected chi connectivity index (χ4v) is 3.01. The third-order valence-corrected chi connectivity index (χ3v) is 4.31. The Morgan fingerprint density at radius 1 is 1.16 bits per heavy atom. The summed E-state index contributed by atoms with van der Waals surface area (Å²) in [5.74, 6) is -0.473. The van der Waals surface area contributed by atoms with Crippen molar-refractivity contribution in [2.75, 3.05) is 12.4 Å². The number of thiophene rings is 1. The average molecular weight is 339 g/mol. The van der Waals surface area contributed by atoms with Gasteiger partial charge < -0.3 is 10.6 Å². The molecule has 0 radical (unpaired) electrons. The van der Waals surface area contributed by atoms with E-state index in [9.17, 15) is 9.59 Å². The van der Waals surface area contributed by atoms with Crippen LogP contribution in [0.5, 0.6) is 0 Å². The largest absolute Gasteiger partial charge is 0.355 e. The van der Waals surface area contributed by atoms with Crippen LogP contribution in [0.15, 0.2) is 40.2 Å². The zero-order valence-electron chi connectivity index (χ0n) is 10.1. The average Bonchev–Trinajstić information content (AvgIpc) is 2.85. The van der Waals surface area contributed by atoms with E-state index in [4.69, 9.17) is 0 Å². The van der Waals surface area contributed by atoms with Crippen LogP contribution >= 0.6 is 27.3 Å². The van der Waals surface area contributed by atoms with E-state index in [1.54, 1.807) is 31.3 Å². The second-order valence-electron chi connectivity index (χ2n) is 3.68. The number of amides is 2. The Hall–Kier alpha value is -1.66. The highest BCUT2D eigenvalue weighted by atomic mass is 79.9. The Kier molecular flexibility index (Phi) is 4.34. The Labute approximate surface area is 123 Å². The summed E-state index contributed by atoms with van der Waals surface area (Å²) in [5, 5.41) is 7.12. The Balaban J connectivity index is 2.27. The number of anilines is 1. The summed E-state index contributed by atoms with van der Waals surface area (Å²) >= 11 is 4.65.